The molecule has 1 atom stereocenters. The molecule has 1 fully saturated rings. The van der Waals surface area contributed by atoms with Crippen LogP contribution in [0.15, 0.2) is 30.5 Å². The van der Waals surface area contributed by atoms with E-state index in [0.29, 0.717) is 42.8 Å². The zero-order valence-electron chi connectivity index (χ0n) is 17.8. The quantitative estimate of drug-likeness (QED) is 0.753. The van der Waals surface area contributed by atoms with Gasteiger partial charge in [-0.1, -0.05) is 12.1 Å². The third-order valence-corrected chi connectivity index (χ3v) is 8.49. The van der Waals surface area contributed by atoms with E-state index in [4.69, 9.17) is 4.74 Å². The molecule has 168 valence electrons. The van der Waals surface area contributed by atoms with Gasteiger partial charge in [0.05, 0.1) is 11.7 Å². The van der Waals surface area contributed by atoms with E-state index in [1.165, 1.54) is 0 Å². The first kappa shape index (κ1) is 20.7. The number of rotatable bonds is 3. The summed E-state index contributed by atoms with van der Waals surface area (Å²) in [5, 5.41) is 4.64. The smallest absolute Gasteiger partial charge is 0.275 e. The van der Waals surface area contributed by atoms with Gasteiger partial charge in [-0.05, 0) is 37.3 Å². The van der Waals surface area contributed by atoms with E-state index in [-0.39, 0.29) is 11.9 Å². The first-order valence-electron chi connectivity index (χ1n) is 10.9. The van der Waals surface area contributed by atoms with Crippen LogP contribution in [0.2, 0.25) is 0 Å². The summed E-state index contributed by atoms with van der Waals surface area (Å²) in [6.07, 6.45) is 4.38. The van der Waals surface area contributed by atoms with Gasteiger partial charge in [-0.2, -0.15) is 15.7 Å². The zero-order chi connectivity index (χ0) is 21.6. The van der Waals surface area contributed by atoms with Crippen LogP contribution in [0.5, 0.6) is 5.75 Å². The molecule has 0 saturated carbocycles. The van der Waals surface area contributed by atoms with Crippen LogP contribution in [-0.4, -0.2) is 74.0 Å². The van der Waals surface area contributed by atoms with Gasteiger partial charge in [-0.3, -0.25) is 18.6 Å². The Morgan fingerprint density at radius 1 is 1.23 bits per heavy atom. The molecule has 0 bridgehead atoms. The number of carbonyl (C=O) groups excluding carboxylic acids is 1. The molecular formula is C22H30N4O4S. The third-order valence-electron chi connectivity index (χ3n) is 6.71. The maximum absolute atomic E-state index is 13.3. The number of carbonyl (C=O) groups is 1. The van der Waals surface area contributed by atoms with Crippen molar-refractivity contribution in [3.05, 3.63) is 41.7 Å². The molecular weight excluding hydrogens is 416 g/mol. The molecule has 1 amide bonds. The third kappa shape index (κ3) is 4.14. The molecule has 3 aliphatic heterocycles. The molecule has 2 aromatic rings. The molecule has 2 N–H and O–H groups in total. The van der Waals surface area contributed by atoms with Crippen molar-refractivity contribution >= 4 is 22.2 Å². The van der Waals surface area contributed by atoms with Crippen LogP contribution in [0.4, 0.5) is 5.69 Å². The van der Waals surface area contributed by atoms with Gasteiger partial charge in [0, 0.05) is 49.9 Å². The average Bonchev–Trinajstić information content (AvgIpc) is 3.09. The first-order valence-corrected chi connectivity index (χ1v) is 12.8. The Hall–Kier alpha value is -2.23. The van der Waals surface area contributed by atoms with Crippen LogP contribution in [0.25, 0.3) is 0 Å². The van der Waals surface area contributed by atoms with Crippen molar-refractivity contribution in [1.82, 2.24) is 14.7 Å². The van der Waals surface area contributed by atoms with E-state index < -0.39 is 10.6 Å². The summed E-state index contributed by atoms with van der Waals surface area (Å²) < 4.78 is 27.6. The van der Waals surface area contributed by atoms with Crippen molar-refractivity contribution in [3.8, 4) is 5.75 Å². The van der Waals surface area contributed by atoms with Crippen molar-refractivity contribution in [2.24, 2.45) is 5.92 Å². The van der Waals surface area contributed by atoms with Crippen molar-refractivity contribution in [1.29, 1.82) is 0 Å². The summed E-state index contributed by atoms with van der Waals surface area (Å²) in [7, 11) is -0.336. The molecule has 4 heterocycles. The van der Waals surface area contributed by atoms with Gasteiger partial charge >= 0.3 is 0 Å². The zero-order valence-corrected chi connectivity index (χ0v) is 18.6. The Labute approximate surface area is 184 Å². The highest BCUT2D eigenvalue weighted by Crippen LogP contribution is 2.46. The largest absolute Gasteiger partial charge is 0.489 e. The van der Waals surface area contributed by atoms with Crippen molar-refractivity contribution in [2.45, 2.75) is 31.8 Å². The summed E-state index contributed by atoms with van der Waals surface area (Å²) in [6, 6.07) is 7.94. The molecule has 0 spiro atoms. The number of fused-ring (bicyclic) bond motifs is 2. The number of likely N-dealkylation sites (N-methyl/N-ethyl adjacent to an activating group) is 1. The number of aromatic nitrogens is 2. The second-order valence-electron chi connectivity index (χ2n) is 8.94. The lowest BCUT2D eigenvalue weighted by Crippen LogP contribution is -2.51. The maximum atomic E-state index is 13.3. The van der Waals surface area contributed by atoms with Crippen LogP contribution < -0.4 is 9.64 Å². The number of ether oxygens (including phenoxy) is 1. The molecule has 8 nitrogen and oxygen atoms in total. The van der Waals surface area contributed by atoms with Gasteiger partial charge in [-0.25, -0.2) is 0 Å². The maximum Gasteiger partial charge on any atom is 0.275 e. The van der Waals surface area contributed by atoms with E-state index >= 15 is 0 Å². The minimum absolute atomic E-state index is 0.0224. The minimum Gasteiger partial charge on any atom is -0.489 e. The highest BCUT2D eigenvalue weighted by Gasteiger charge is 2.35. The van der Waals surface area contributed by atoms with E-state index in [1.807, 2.05) is 47.1 Å². The Kier molecular flexibility index (Phi) is 5.35. The highest BCUT2D eigenvalue weighted by molar-refractivity contribution is 8.24. The molecule has 5 rings (SSSR count). The van der Waals surface area contributed by atoms with E-state index in [0.717, 1.165) is 42.8 Å². The van der Waals surface area contributed by atoms with Gasteiger partial charge in [0.2, 0.25) is 0 Å². The van der Waals surface area contributed by atoms with Crippen molar-refractivity contribution < 1.29 is 18.6 Å². The average molecular weight is 447 g/mol. The lowest BCUT2D eigenvalue weighted by molar-refractivity contribution is 0.0604. The number of anilines is 1. The van der Waals surface area contributed by atoms with Gasteiger partial charge in [0.1, 0.15) is 12.4 Å². The lowest BCUT2D eigenvalue weighted by Gasteiger charge is -2.39. The summed E-state index contributed by atoms with van der Waals surface area (Å²) in [4.78, 5) is 17.4. The Morgan fingerprint density at radius 2 is 2.00 bits per heavy atom. The standard InChI is InChI=1S/C22H30N4O4S/c1-24-14-18(15-30-20-5-3-2-4-19(20)24)26-9-6-17-13-25(23-21(17)22(26)27)12-16-7-10-31(28,29)11-8-16/h2-5,13,16,18,28-29H,6-12,14-15H2,1H3/t18-/m0/s1. The molecule has 0 radical (unpaired) electrons. The van der Waals surface area contributed by atoms with Gasteiger partial charge in [0.15, 0.2) is 5.69 Å². The number of nitrogens with zero attached hydrogens (tertiary/aromatic N) is 4. The Bertz CT molecular complexity index is 968. The van der Waals surface area contributed by atoms with Crippen LogP contribution in [0.1, 0.15) is 28.9 Å². The number of hydrogen-bond acceptors (Lipinski definition) is 6. The molecule has 1 aromatic carbocycles. The molecule has 3 aliphatic rings. The predicted octanol–water partition coefficient (Wildman–Crippen LogP) is 2.94. The number of para-hydroxylation sites is 2. The molecule has 0 unspecified atom stereocenters. The summed E-state index contributed by atoms with van der Waals surface area (Å²) >= 11 is 0. The normalized spacial score (nSPS) is 24.7. The second kappa shape index (κ2) is 8.03. The van der Waals surface area contributed by atoms with Gasteiger partial charge in [0.25, 0.3) is 5.91 Å². The molecule has 9 heteroatoms. The van der Waals surface area contributed by atoms with Crippen LogP contribution in [-0.2, 0) is 13.0 Å². The molecule has 0 aliphatic carbocycles. The predicted molar refractivity (Wildman–Crippen MR) is 121 cm³/mol. The number of hydrogen-bond donors (Lipinski definition) is 2. The monoisotopic (exact) mass is 446 g/mol. The first-order chi connectivity index (χ1) is 14.9. The molecule has 31 heavy (non-hydrogen) atoms. The molecule has 1 saturated heterocycles. The number of amides is 1. The van der Waals surface area contributed by atoms with Gasteiger partial charge < -0.3 is 14.5 Å². The fraction of sp³-hybridized carbons (Fsp3) is 0.545. The summed E-state index contributed by atoms with van der Waals surface area (Å²) in [6.45, 7) is 2.57. The van der Waals surface area contributed by atoms with E-state index in [1.54, 1.807) is 0 Å². The molecule has 1 aromatic heterocycles. The summed E-state index contributed by atoms with van der Waals surface area (Å²) in [5.41, 5.74) is 2.60. The van der Waals surface area contributed by atoms with Crippen molar-refractivity contribution in [2.75, 3.05) is 43.1 Å². The van der Waals surface area contributed by atoms with Gasteiger partial charge in [-0.15, -0.1) is 0 Å². The van der Waals surface area contributed by atoms with E-state index in [9.17, 15) is 13.9 Å². The Balaban J connectivity index is 1.28. The minimum atomic E-state index is -2.37. The highest BCUT2D eigenvalue weighted by atomic mass is 32.3. The topological polar surface area (TPSA) is 91.1 Å². The second-order valence-corrected chi connectivity index (χ2v) is 11.4. The van der Waals surface area contributed by atoms with Crippen LogP contribution >= 0.6 is 10.6 Å². The van der Waals surface area contributed by atoms with E-state index in [2.05, 4.69) is 10.00 Å². The fourth-order valence-electron chi connectivity index (χ4n) is 4.89. The SMILES string of the molecule is CN1C[C@H](N2CCc3cn(CC4CCS(O)(O)CC4)nc3C2=O)COc2ccccc21. The fourth-order valence-corrected chi connectivity index (χ4v) is 6.51. The van der Waals surface area contributed by atoms with Crippen molar-refractivity contribution in [3.63, 3.8) is 0 Å². The van der Waals surface area contributed by atoms with Crippen LogP contribution in [0.3, 0.4) is 0 Å². The van der Waals surface area contributed by atoms with Crippen LogP contribution in [0, 0.1) is 5.92 Å². The Morgan fingerprint density at radius 3 is 2.81 bits per heavy atom. The lowest BCUT2D eigenvalue weighted by atomic mass is 10.0. The number of benzene rings is 1. The summed E-state index contributed by atoms with van der Waals surface area (Å²) in [5.74, 6) is 2.15.